The van der Waals surface area contributed by atoms with Gasteiger partial charge in [-0.1, -0.05) is 0 Å². The summed E-state index contributed by atoms with van der Waals surface area (Å²) in [6, 6.07) is 1.72. The Bertz CT molecular complexity index is 367. The zero-order chi connectivity index (χ0) is 15.4. The van der Waals surface area contributed by atoms with Crippen molar-refractivity contribution in [3.05, 3.63) is 0 Å². The molecule has 0 aromatic rings. The standard InChI is InChI=1S/C17H31N3O2/c1-13-11-14(12-20(13)15-7-8-15)19-17(21)18-9-4-6-16-5-2-3-10-22-16/h13-16H,2-12H2,1H3,(H2,18,19,21)/t13-,14+,16-/m1/s1. The van der Waals surface area contributed by atoms with Crippen LogP contribution in [0.25, 0.3) is 0 Å². The molecule has 3 rings (SSSR count). The van der Waals surface area contributed by atoms with Gasteiger partial charge in [-0.2, -0.15) is 0 Å². The van der Waals surface area contributed by atoms with Crippen LogP contribution >= 0.6 is 0 Å². The first-order valence-electron chi connectivity index (χ1n) is 9.14. The number of likely N-dealkylation sites (tertiary alicyclic amines) is 1. The number of ether oxygens (including phenoxy) is 1. The van der Waals surface area contributed by atoms with Crippen molar-refractivity contribution in [2.45, 2.75) is 82.5 Å². The minimum Gasteiger partial charge on any atom is -0.378 e. The molecule has 2 N–H and O–H groups in total. The fourth-order valence-corrected chi connectivity index (χ4v) is 3.88. The molecular weight excluding hydrogens is 278 g/mol. The topological polar surface area (TPSA) is 53.6 Å². The SMILES string of the molecule is C[C@@H]1C[C@H](NC(=O)NCCC[C@H]2CCCCO2)CN1C1CC1. The van der Waals surface area contributed by atoms with Crippen LogP contribution in [0.3, 0.4) is 0 Å². The minimum absolute atomic E-state index is 0.000547. The highest BCUT2D eigenvalue weighted by atomic mass is 16.5. The summed E-state index contributed by atoms with van der Waals surface area (Å²) < 4.78 is 5.71. The second-order valence-corrected chi connectivity index (χ2v) is 7.24. The van der Waals surface area contributed by atoms with Gasteiger partial charge in [0, 0.05) is 37.8 Å². The minimum atomic E-state index is -0.000547. The van der Waals surface area contributed by atoms with Gasteiger partial charge in [0.15, 0.2) is 0 Å². The van der Waals surface area contributed by atoms with Gasteiger partial charge in [0.05, 0.1) is 6.10 Å². The number of hydrogen-bond donors (Lipinski definition) is 2. The molecule has 2 aliphatic heterocycles. The van der Waals surface area contributed by atoms with Gasteiger partial charge in [-0.15, -0.1) is 0 Å². The van der Waals surface area contributed by atoms with Crippen LogP contribution in [0, 0.1) is 0 Å². The van der Waals surface area contributed by atoms with E-state index in [1.807, 2.05) is 0 Å². The summed E-state index contributed by atoms with van der Waals surface area (Å²) in [4.78, 5) is 14.5. The van der Waals surface area contributed by atoms with E-state index < -0.39 is 0 Å². The molecule has 0 bridgehead atoms. The molecule has 0 aromatic carbocycles. The summed E-state index contributed by atoms with van der Waals surface area (Å²) in [5.41, 5.74) is 0. The van der Waals surface area contributed by atoms with Crippen LogP contribution in [-0.4, -0.2) is 54.9 Å². The van der Waals surface area contributed by atoms with E-state index in [9.17, 15) is 4.79 Å². The highest BCUT2D eigenvalue weighted by Gasteiger charge is 2.39. The van der Waals surface area contributed by atoms with Crippen LogP contribution in [0.5, 0.6) is 0 Å². The maximum atomic E-state index is 12.0. The number of hydrogen-bond acceptors (Lipinski definition) is 3. The van der Waals surface area contributed by atoms with Crippen molar-refractivity contribution in [3.63, 3.8) is 0 Å². The average molecular weight is 309 g/mol. The van der Waals surface area contributed by atoms with E-state index >= 15 is 0 Å². The first kappa shape index (κ1) is 16.1. The van der Waals surface area contributed by atoms with Gasteiger partial charge in [-0.3, -0.25) is 4.90 Å². The van der Waals surface area contributed by atoms with Gasteiger partial charge < -0.3 is 15.4 Å². The van der Waals surface area contributed by atoms with Crippen molar-refractivity contribution in [2.24, 2.45) is 0 Å². The largest absolute Gasteiger partial charge is 0.378 e. The Morgan fingerprint density at radius 2 is 2.14 bits per heavy atom. The average Bonchev–Trinajstić information content (AvgIpc) is 3.29. The summed E-state index contributed by atoms with van der Waals surface area (Å²) in [7, 11) is 0. The lowest BCUT2D eigenvalue weighted by atomic mass is 10.0. The van der Waals surface area contributed by atoms with Crippen LogP contribution in [0.1, 0.15) is 58.3 Å². The molecule has 3 aliphatic rings. The van der Waals surface area contributed by atoms with Gasteiger partial charge in [-0.05, 0) is 58.3 Å². The Hall–Kier alpha value is -0.810. The first-order chi connectivity index (χ1) is 10.7. The Morgan fingerprint density at radius 3 is 2.86 bits per heavy atom. The number of urea groups is 1. The Balaban J connectivity index is 1.26. The van der Waals surface area contributed by atoms with Gasteiger partial charge in [0.1, 0.15) is 0 Å². The van der Waals surface area contributed by atoms with Crippen molar-refractivity contribution < 1.29 is 9.53 Å². The van der Waals surface area contributed by atoms with E-state index in [-0.39, 0.29) is 6.03 Å². The Morgan fingerprint density at radius 1 is 1.27 bits per heavy atom. The molecule has 126 valence electrons. The normalized spacial score (nSPS) is 32.9. The summed E-state index contributed by atoms with van der Waals surface area (Å²) in [6.07, 6.45) is 9.93. The summed E-state index contributed by atoms with van der Waals surface area (Å²) in [5.74, 6) is 0. The molecule has 5 nitrogen and oxygen atoms in total. The third-order valence-corrected chi connectivity index (χ3v) is 5.24. The molecule has 3 fully saturated rings. The maximum absolute atomic E-state index is 12.0. The smallest absolute Gasteiger partial charge is 0.315 e. The van der Waals surface area contributed by atoms with Crippen molar-refractivity contribution in [1.82, 2.24) is 15.5 Å². The quantitative estimate of drug-likeness (QED) is 0.740. The molecule has 22 heavy (non-hydrogen) atoms. The fraction of sp³-hybridized carbons (Fsp3) is 0.941. The van der Waals surface area contributed by atoms with Gasteiger partial charge in [0.2, 0.25) is 0 Å². The number of nitrogens with one attached hydrogen (secondary N) is 2. The number of nitrogens with zero attached hydrogens (tertiary/aromatic N) is 1. The van der Waals surface area contributed by atoms with Gasteiger partial charge in [0.25, 0.3) is 0 Å². The van der Waals surface area contributed by atoms with Crippen molar-refractivity contribution in [2.75, 3.05) is 19.7 Å². The molecule has 5 heteroatoms. The van der Waals surface area contributed by atoms with Crippen molar-refractivity contribution in [1.29, 1.82) is 0 Å². The van der Waals surface area contributed by atoms with Crippen molar-refractivity contribution >= 4 is 6.03 Å². The highest BCUT2D eigenvalue weighted by molar-refractivity contribution is 5.74. The van der Waals surface area contributed by atoms with Crippen LogP contribution < -0.4 is 10.6 Å². The van der Waals surface area contributed by atoms with E-state index in [1.54, 1.807) is 0 Å². The second kappa shape index (κ2) is 7.64. The zero-order valence-electron chi connectivity index (χ0n) is 13.9. The Labute approximate surface area is 134 Å². The number of rotatable bonds is 6. The lowest BCUT2D eigenvalue weighted by molar-refractivity contribution is 0.0103. The molecule has 0 unspecified atom stereocenters. The molecule has 0 aromatic heterocycles. The maximum Gasteiger partial charge on any atom is 0.315 e. The molecule has 3 atom stereocenters. The van der Waals surface area contributed by atoms with Crippen LogP contribution in [0.4, 0.5) is 4.79 Å². The number of carbonyl (C=O) groups excluding carboxylic acids is 1. The second-order valence-electron chi connectivity index (χ2n) is 7.24. The zero-order valence-corrected chi connectivity index (χ0v) is 13.9. The third kappa shape index (κ3) is 4.59. The van der Waals surface area contributed by atoms with E-state index in [1.165, 1.54) is 32.1 Å². The monoisotopic (exact) mass is 309 g/mol. The Kier molecular flexibility index (Phi) is 5.58. The molecule has 2 heterocycles. The van der Waals surface area contributed by atoms with Gasteiger partial charge >= 0.3 is 6.03 Å². The van der Waals surface area contributed by atoms with Crippen molar-refractivity contribution in [3.8, 4) is 0 Å². The summed E-state index contributed by atoms with van der Waals surface area (Å²) >= 11 is 0. The summed E-state index contributed by atoms with van der Waals surface area (Å²) in [5, 5.41) is 6.14. The number of carbonyl (C=O) groups is 1. The van der Waals surface area contributed by atoms with E-state index in [4.69, 9.17) is 4.74 Å². The predicted molar refractivity (Wildman–Crippen MR) is 87.0 cm³/mol. The summed E-state index contributed by atoms with van der Waals surface area (Å²) in [6.45, 7) is 4.97. The van der Waals surface area contributed by atoms with Crippen LogP contribution in [-0.2, 0) is 4.74 Å². The molecule has 2 amide bonds. The first-order valence-corrected chi connectivity index (χ1v) is 9.14. The third-order valence-electron chi connectivity index (χ3n) is 5.24. The molecular formula is C17H31N3O2. The number of amides is 2. The lowest BCUT2D eigenvalue weighted by Gasteiger charge is -2.22. The molecule has 0 radical (unpaired) electrons. The molecule has 2 saturated heterocycles. The van der Waals surface area contributed by atoms with E-state index in [0.717, 1.165) is 45.0 Å². The van der Waals surface area contributed by atoms with Crippen LogP contribution in [0.2, 0.25) is 0 Å². The molecule has 0 spiro atoms. The molecule has 1 aliphatic carbocycles. The molecule has 1 saturated carbocycles. The fourth-order valence-electron chi connectivity index (χ4n) is 3.88. The van der Waals surface area contributed by atoms with Crippen LogP contribution in [0.15, 0.2) is 0 Å². The highest BCUT2D eigenvalue weighted by Crippen LogP contribution is 2.33. The lowest BCUT2D eigenvalue weighted by Crippen LogP contribution is -2.43. The van der Waals surface area contributed by atoms with E-state index in [2.05, 4.69) is 22.5 Å². The van der Waals surface area contributed by atoms with Gasteiger partial charge in [-0.25, -0.2) is 4.79 Å². The predicted octanol–water partition coefficient (Wildman–Crippen LogP) is 2.26. The van der Waals surface area contributed by atoms with E-state index in [0.29, 0.717) is 18.2 Å².